The van der Waals surface area contributed by atoms with Crippen LogP contribution in [0.3, 0.4) is 0 Å². The second-order valence-corrected chi connectivity index (χ2v) is 6.55. The smallest absolute Gasteiger partial charge is 0.362 e. The first kappa shape index (κ1) is 15.7. The van der Waals surface area contributed by atoms with Crippen LogP contribution < -0.4 is 16.0 Å². The van der Waals surface area contributed by atoms with Crippen molar-refractivity contribution in [1.82, 2.24) is 9.71 Å². The molecule has 0 fully saturated rings. The number of benzene rings is 2. The van der Waals surface area contributed by atoms with Crippen molar-refractivity contribution >= 4 is 26.6 Å². The fourth-order valence-corrected chi connectivity index (χ4v) is 3.15. The average molecular weight is 351 g/mol. The van der Waals surface area contributed by atoms with Crippen LogP contribution in [0.25, 0.3) is 10.9 Å². The molecule has 0 aliphatic heterocycles. The molecule has 124 valence electrons. The van der Waals surface area contributed by atoms with E-state index in [-0.39, 0.29) is 26.2 Å². The first-order valence-corrected chi connectivity index (χ1v) is 8.03. The third-order valence-electron chi connectivity index (χ3n) is 3.25. The van der Waals surface area contributed by atoms with E-state index in [9.17, 15) is 27.6 Å². The van der Waals surface area contributed by atoms with Gasteiger partial charge in [0.25, 0.3) is 15.6 Å². The number of halogens is 1. The van der Waals surface area contributed by atoms with Crippen molar-refractivity contribution in [3.05, 3.63) is 69.1 Å². The van der Waals surface area contributed by atoms with E-state index >= 15 is 0 Å². The van der Waals surface area contributed by atoms with E-state index in [1.165, 1.54) is 18.2 Å². The maximum atomic E-state index is 12.9. The van der Waals surface area contributed by atoms with Crippen LogP contribution in [0, 0.1) is 5.82 Å². The van der Waals surface area contributed by atoms with Crippen molar-refractivity contribution < 1.29 is 18.0 Å². The van der Waals surface area contributed by atoms with Crippen LogP contribution in [-0.4, -0.2) is 23.3 Å². The minimum atomic E-state index is -3.99. The van der Waals surface area contributed by atoms with Gasteiger partial charge in [0.15, 0.2) is 0 Å². The molecule has 3 rings (SSSR count). The molecule has 0 saturated carbocycles. The zero-order valence-electron chi connectivity index (χ0n) is 11.9. The van der Waals surface area contributed by atoms with Crippen molar-refractivity contribution in [2.75, 3.05) is 4.72 Å². The summed E-state index contributed by atoms with van der Waals surface area (Å²) in [5.41, 5.74) is -1.82. The summed E-state index contributed by atoms with van der Waals surface area (Å²) in [5.74, 6) is -0.577. The monoisotopic (exact) mass is 351 g/mol. The van der Waals surface area contributed by atoms with Crippen molar-refractivity contribution in [3.63, 3.8) is 0 Å². The number of aromatic nitrogens is 2. The SMILES string of the molecule is O=c1[nH]c2ccc(NS(=O)(=O)c3ccc(F)cc3)cc2c(=O)n1O. The summed E-state index contributed by atoms with van der Waals surface area (Å²) in [4.78, 5) is 25.2. The van der Waals surface area contributed by atoms with Gasteiger partial charge in [-0.25, -0.2) is 17.6 Å². The molecule has 1 heterocycles. The Morgan fingerprint density at radius 2 is 1.75 bits per heavy atom. The summed E-state index contributed by atoms with van der Waals surface area (Å²) in [6, 6.07) is 8.02. The summed E-state index contributed by atoms with van der Waals surface area (Å²) in [6.45, 7) is 0. The molecule has 0 aliphatic carbocycles. The molecule has 0 spiro atoms. The molecule has 0 aliphatic rings. The molecule has 0 atom stereocenters. The van der Waals surface area contributed by atoms with Crippen molar-refractivity contribution in [3.8, 4) is 0 Å². The fraction of sp³-hybridized carbons (Fsp3) is 0. The van der Waals surface area contributed by atoms with Crippen LogP contribution in [0.5, 0.6) is 0 Å². The van der Waals surface area contributed by atoms with Gasteiger partial charge in [-0.3, -0.25) is 9.52 Å². The lowest BCUT2D eigenvalue weighted by Gasteiger charge is -2.09. The van der Waals surface area contributed by atoms with Crippen LogP contribution >= 0.6 is 0 Å². The Bertz CT molecular complexity index is 1150. The number of rotatable bonds is 3. The topological polar surface area (TPSA) is 121 Å². The summed E-state index contributed by atoms with van der Waals surface area (Å²) < 4.78 is 39.5. The molecule has 3 N–H and O–H groups in total. The number of aromatic amines is 1. The van der Waals surface area contributed by atoms with Gasteiger partial charge in [0.05, 0.1) is 15.8 Å². The molecule has 3 aromatic rings. The zero-order chi connectivity index (χ0) is 17.5. The normalized spacial score (nSPS) is 11.5. The molecule has 0 amide bonds. The van der Waals surface area contributed by atoms with E-state index in [0.717, 1.165) is 24.3 Å². The number of hydrogen-bond donors (Lipinski definition) is 3. The minimum absolute atomic E-state index is 0.0379. The first-order chi connectivity index (χ1) is 11.3. The van der Waals surface area contributed by atoms with Crippen LogP contribution in [0.2, 0.25) is 0 Å². The van der Waals surface area contributed by atoms with E-state index in [2.05, 4.69) is 9.71 Å². The molecular weight excluding hydrogens is 341 g/mol. The molecule has 24 heavy (non-hydrogen) atoms. The van der Waals surface area contributed by atoms with Crippen LogP contribution in [0.1, 0.15) is 0 Å². The number of anilines is 1. The van der Waals surface area contributed by atoms with Gasteiger partial charge in [-0.05, 0) is 42.5 Å². The Labute approximate surface area is 133 Å². The summed E-state index contributed by atoms with van der Waals surface area (Å²) in [7, 11) is -3.99. The van der Waals surface area contributed by atoms with Crippen molar-refractivity contribution in [1.29, 1.82) is 0 Å². The predicted octanol–water partition coefficient (Wildman–Crippen LogP) is 0.867. The van der Waals surface area contributed by atoms with E-state index in [0.29, 0.717) is 0 Å². The quantitative estimate of drug-likeness (QED) is 0.605. The highest BCUT2D eigenvalue weighted by Crippen LogP contribution is 2.19. The molecule has 2 aromatic carbocycles. The van der Waals surface area contributed by atoms with Gasteiger partial charge in [0.1, 0.15) is 5.82 Å². The minimum Gasteiger partial charge on any atom is -0.421 e. The summed E-state index contributed by atoms with van der Waals surface area (Å²) >= 11 is 0. The average Bonchev–Trinajstić information content (AvgIpc) is 2.53. The largest absolute Gasteiger partial charge is 0.421 e. The summed E-state index contributed by atoms with van der Waals surface area (Å²) in [5, 5.41) is 9.23. The van der Waals surface area contributed by atoms with Crippen LogP contribution in [0.4, 0.5) is 10.1 Å². The molecule has 0 radical (unpaired) electrons. The van der Waals surface area contributed by atoms with Crippen LogP contribution in [0.15, 0.2) is 56.9 Å². The molecule has 0 bridgehead atoms. The van der Waals surface area contributed by atoms with Gasteiger partial charge >= 0.3 is 5.69 Å². The second kappa shape index (κ2) is 5.49. The van der Waals surface area contributed by atoms with E-state index in [1.807, 2.05) is 0 Å². The second-order valence-electron chi connectivity index (χ2n) is 4.87. The Hall–Kier alpha value is -3.14. The van der Waals surface area contributed by atoms with Gasteiger partial charge in [0, 0.05) is 5.69 Å². The Kier molecular flexibility index (Phi) is 3.60. The molecular formula is C14H10FN3O5S. The molecule has 8 nitrogen and oxygen atoms in total. The maximum Gasteiger partial charge on any atom is 0.362 e. The maximum absolute atomic E-state index is 12.9. The van der Waals surface area contributed by atoms with E-state index in [4.69, 9.17) is 0 Å². The third-order valence-corrected chi connectivity index (χ3v) is 4.65. The number of sulfonamides is 1. The van der Waals surface area contributed by atoms with E-state index in [1.54, 1.807) is 0 Å². The van der Waals surface area contributed by atoms with Gasteiger partial charge in [-0.2, -0.15) is 0 Å². The molecule has 10 heteroatoms. The van der Waals surface area contributed by atoms with Gasteiger partial charge in [-0.1, -0.05) is 4.73 Å². The number of H-pyrrole nitrogens is 1. The van der Waals surface area contributed by atoms with Gasteiger partial charge in [0.2, 0.25) is 0 Å². The highest BCUT2D eigenvalue weighted by Gasteiger charge is 2.15. The Morgan fingerprint density at radius 1 is 1.08 bits per heavy atom. The van der Waals surface area contributed by atoms with Crippen LogP contribution in [-0.2, 0) is 10.0 Å². The van der Waals surface area contributed by atoms with E-state index < -0.39 is 27.1 Å². The van der Waals surface area contributed by atoms with Crippen molar-refractivity contribution in [2.45, 2.75) is 4.90 Å². The highest BCUT2D eigenvalue weighted by molar-refractivity contribution is 7.92. The van der Waals surface area contributed by atoms with Gasteiger partial charge in [-0.15, -0.1) is 0 Å². The molecule has 1 aromatic heterocycles. The zero-order valence-corrected chi connectivity index (χ0v) is 12.7. The fourth-order valence-electron chi connectivity index (χ4n) is 2.10. The third kappa shape index (κ3) is 2.74. The number of nitrogens with one attached hydrogen (secondary N) is 2. The molecule has 0 unspecified atom stereocenters. The number of fused-ring (bicyclic) bond motifs is 1. The first-order valence-electron chi connectivity index (χ1n) is 6.55. The standard InChI is InChI=1S/C14H10FN3O5S/c15-8-1-4-10(5-2-8)24(22,23)17-9-3-6-12-11(7-9)13(19)18(21)14(20)16-12/h1-7,17,21H,(H,16,20). The lowest BCUT2D eigenvalue weighted by molar-refractivity contribution is 0.162. The highest BCUT2D eigenvalue weighted by atomic mass is 32.2. The number of hydrogen-bond acceptors (Lipinski definition) is 5. The summed E-state index contributed by atoms with van der Waals surface area (Å²) in [6.07, 6.45) is 0. The van der Waals surface area contributed by atoms with Crippen molar-refractivity contribution in [2.24, 2.45) is 0 Å². The Balaban J connectivity index is 2.06. The van der Waals surface area contributed by atoms with Gasteiger partial charge < -0.3 is 10.2 Å². The Morgan fingerprint density at radius 3 is 2.42 bits per heavy atom. The predicted molar refractivity (Wildman–Crippen MR) is 83.2 cm³/mol. The lowest BCUT2D eigenvalue weighted by Crippen LogP contribution is -2.33. The lowest BCUT2D eigenvalue weighted by atomic mass is 10.2. The number of nitrogens with zero attached hydrogens (tertiary/aromatic N) is 1. The molecule has 0 saturated heterocycles.